The summed E-state index contributed by atoms with van der Waals surface area (Å²) in [6.45, 7) is 3.64. The van der Waals surface area contributed by atoms with Crippen molar-refractivity contribution in [2.75, 3.05) is 5.32 Å². The summed E-state index contributed by atoms with van der Waals surface area (Å²) in [6.07, 6.45) is 2.78. The molecule has 30 heavy (non-hydrogen) atoms. The first-order chi connectivity index (χ1) is 14.2. The molecule has 0 aliphatic heterocycles. The van der Waals surface area contributed by atoms with Gasteiger partial charge in [0.2, 0.25) is 11.9 Å². The standard InChI is InChI=1S/C23H23FN4O2/c1-22(10-3-11-22)28-19-12-15(14-25)4-9-18(19)26-21(28)27-20(29)13-23(2,30)16-5-7-17(24)8-6-16/h4-9,12,30H,3,10-11,13H2,1-2H3,(H,26,27,29)/t23-/m1/s1. The highest BCUT2D eigenvalue weighted by Crippen LogP contribution is 2.43. The lowest BCUT2D eigenvalue weighted by molar-refractivity contribution is -0.120. The van der Waals surface area contributed by atoms with Crippen LogP contribution in [0.5, 0.6) is 0 Å². The first kappa shape index (κ1) is 20.0. The highest BCUT2D eigenvalue weighted by molar-refractivity contribution is 5.92. The Bertz CT molecular complexity index is 1150. The van der Waals surface area contributed by atoms with Crippen LogP contribution in [-0.4, -0.2) is 20.6 Å². The molecule has 0 spiro atoms. The number of nitriles is 1. The lowest BCUT2D eigenvalue weighted by Gasteiger charge is -2.41. The molecule has 1 heterocycles. The van der Waals surface area contributed by atoms with Crippen molar-refractivity contribution < 1.29 is 14.3 Å². The van der Waals surface area contributed by atoms with Crippen LogP contribution in [0.2, 0.25) is 0 Å². The molecule has 4 rings (SSSR count). The molecule has 6 nitrogen and oxygen atoms in total. The molecule has 154 valence electrons. The van der Waals surface area contributed by atoms with Crippen LogP contribution in [0.4, 0.5) is 10.3 Å². The van der Waals surface area contributed by atoms with Gasteiger partial charge in [0.25, 0.3) is 0 Å². The Morgan fingerprint density at radius 2 is 2.03 bits per heavy atom. The van der Waals surface area contributed by atoms with E-state index >= 15 is 0 Å². The molecule has 1 amide bonds. The maximum atomic E-state index is 13.2. The van der Waals surface area contributed by atoms with Crippen molar-refractivity contribution in [2.24, 2.45) is 0 Å². The minimum Gasteiger partial charge on any atom is -0.385 e. The van der Waals surface area contributed by atoms with Crippen LogP contribution >= 0.6 is 0 Å². The van der Waals surface area contributed by atoms with Gasteiger partial charge in [-0.2, -0.15) is 5.26 Å². The summed E-state index contributed by atoms with van der Waals surface area (Å²) in [4.78, 5) is 17.4. The van der Waals surface area contributed by atoms with Crippen molar-refractivity contribution in [3.05, 3.63) is 59.4 Å². The number of anilines is 1. The molecule has 1 aliphatic rings. The number of halogens is 1. The largest absolute Gasteiger partial charge is 0.385 e. The number of nitrogens with zero attached hydrogens (tertiary/aromatic N) is 3. The van der Waals surface area contributed by atoms with E-state index in [-0.39, 0.29) is 12.0 Å². The minimum atomic E-state index is -1.46. The van der Waals surface area contributed by atoms with E-state index in [2.05, 4.69) is 23.3 Å². The molecule has 0 radical (unpaired) electrons. The predicted octanol–water partition coefficient (Wildman–Crippen LogP) is 4.18. The Morgan fingerprint density at radius 1 is 1.33 bits per heavy atom. The lowest BCUT2D eigenvalue weighted by Crippen LogP contribution is -2.38. The number of hydrogen-bond acceptors (Lipinski definition) is 4. The second kappa shape index (κ2) is 7.22. The lowest BCUT2D eigenvalue weighted by atomic mass is 9.78. The molecule has 1 aromatic heterocycles. The van der Waals surface area contributed by atoms with E-state index in [1.165, 1.54) is 31.2 Å². The topological polar surface area (TPSA) is 90.9 Å². The van der Waals surface area contributed by atoms with Crippen molar-refractivity contribution in [3.63, 3.8) is 0 Å². The molecule has 2 aromatic carbocycles. The SMILES string of the molecule is CC1(n2c(NC(=O)C[C@@](C)(O)c3ccc(F)cc3)nc3ccc(C#N)cc32)CCC1. The van der Waals surface area contributed by atoms with Gasteiger partial charge in [-0.05, 0) is 69.0 Å². The van der Waals surface area contributed by atoms with Crippen LogP contribution in [0.25, 0.3) is 11.0 Å². The number of amides is 1. The summed E-state index contributed by atoms with van der Waals surface area (Å²) in [5.41, 5.74) is 0.842. The first-order valence-corrected chi connectivity index (χ1v) is 9.93. The van der Waals surface area contributed by atoms with E-state index in [4.69, 9.17) is 0 Å². The van der Waals surface area contributed by atoms with Gasteiger partial charge < -0.3 is 9.67 Å². The van der Waals surface area contributed by atoms with Crippen LogP contribution in [-0.2, 0) is 15.9 Å². The number of nitrogens with one attached hydrogen (secondary N) is 1. The van der Waals surface area contributed by atoms with Crippen LogP contribution < -0.4 is 5.32 Å². The second-order valence-corrected chi connectivity index (χ2v) is 8.44. The van der Waals surface area contributed by atoms with Crippen molar-refractivity contribution in [3.8, 4) is 6.07 Å². The maximum Gasteiger partial charge on any atom is 0.229 e. The number of carbonyl (C=O) groups is 1. The van der Waals surface area contributed by atoms with Gasteiger partial charge in [0, 0.05) is 5.54 Å². The van der Waals surface area contributed by atoms with Crippen molar-refractivity contribution in [1.82, 2.24) is 9.55 Å². The Morgan fingerprint density at radius 3 is 2.63 bits per heavy atom. The fraction of sp³-hybridized carbons (Fsp3) is 0.348. The first-order valence-electron chi connectivity index (χ1n) is 9.93. The second-order valence-electron chi connectivity index (χ2n) is 8.44. The summed E-state index contributed by atoms with van der Waals surface area (Å²) in [5.74, 6) is -0.398. The van der Waals surface area contributed by atoms with Crippen LogP contribution in [0.3, 0.4) is 0 Å². The van der Waals surface area contributed by atoms with E-state index in [1.807, 2.05) is 4.57 Å². The van der Waals surface area contributed by atoms with E-state index in [0.717, 1.165) is 24.8 Å². The average molecular weight is 406 g/mol. The van der Waals surface area contributed by atoms with E-state index < -0.39 is 17.3 Å². The van der Waals surface area contributed by atoms with Gasteiger partial charge in [0.1, 0.15) is 5.82 Å². The van der Waals surface area contributed by atoms with E-state index in [1.54, 1.807) is 18.2 Å². The zero-order valence-electron chi connectivity index (χ0n) is 16.9. The van der Waals surface area contributed by atoms with Gasteiger partial charge in [0.15, 0.2) is 0 Å². The number of aliphatic hydroxyl groups is 1. The third-order valence-electron chi connectivity index (χ3n) is 5.98. The predicted molar refractivity (Wildman–Crippen MR) is 111 cm³/mol. The Hall–Kier alpha value is -3.24. The molecule has 0 unspecified atom stereocenters. The van der Waals surface area contributed by atoms with Crippen molar-refractivity contribution in [2.45, 2.75) is 50.7 Å². The molecule has 0 bridgehead atoms. The number of fused-ring (bicyclic) bond motifs is 1. The number of imidazole rings is 1. The van der Waals surface area contributed by atoms with Crippen LogP contribution in [0.1, 0.15) is 50.7 Å². The number of aromatic nitrogens is 2. The van der Waals surface area contributed by atoms with Crippen LogP contribution in [0, 0.1) is 17.1 Å². The Labute approximate surface area is 174 Å². The summed E-state index contributed by atoms with van der Waals surface area (Å²) in [6, 6.07) is 12.9. The fourth-order valence-corrected chi connectivity index (χ4v) is 4.08. The smallest absolute Gasteiger partial charge is 0.229 e. The van der Waals surface area contributed by atoms with Gasteiger partial charge in [-0.3, -0.25) is 10.1 Å². The molecule has 1 saturated carbocycles. The van der Waals surface area contributed by atoms with Gasteiger partial charge >= 0.3 is 0 Å². The minimum absolute atomic E-state index is 0.190. The Kier molecular flexibility index (Phi) is 4.83. The summed E-state index contributed by atoms with van der Waals surface area (Å²) < 4.78 is 15.2. The molecular weight excluding hydrogens is 383 g/mol. The summed E-state index contributed by atoms with van der Waals surface area (Å²) >= 11 is 0. The normalized spacial score (nSPS) is 17.0. The fourth-order valence-electron chi connectivity index (χ4n) is 4.08. The molecule has 1 fully saturated rings. The number of hydrogen-bond donors (Lipinski definition) is 2. The molecule has 3 aromatic rings. The number of benzene rings is 2. The zero-order chi connectivity index (χ0) is 21.5. The van der Waals surface area contributed by atoms with Crippen molar-refractivity contribution in [1.29, 1.82) is 5.26 Å². The number of carbonyl (C=O) groups excluding carboxylic acids is 1. The molecule has 0 saturated heterocycles. The quantitative estimate of drug-likeness (QED) is 0.665. The summed E-state index contributed by atoms with van der Waals surface area (Å²) in [5, 5.41) is 22.9. The zero-order valence-corrected chi connectivity index (χ0v) is 16.9. The highest BCUT2D eigenvalue weighted by Gasteiger charge is 2.37. The van der Waals surface area contributed by atoms with Gasteiger partial charge in [-0.15, -0.1) is 0 Å². The monoisotopic (exact) mass is 406 g/mol. The third-order valence-corrected chi connectivity index (χ3v) is 5.98. The van der Waals surface area contributed by atoms with Crippen LogP contribution in [0.15, 0.2) is 42.5 Å². The van der Waals surface area contributed by atoms with Gasteiger partial charge in [-0.25, -0.2) is 9.37 Å². The van der Waals surface area contributed by atoms with Gasteiger partial charge in [0.05, 0.1) is 34.7 Å². The Balaban J connectivity index is 1.65. The third kappa shape index (κ3) is 3.55. The maximum absolute atomic E-state index is 13.2. The summed E-state index contributed by atoms with van der Waals surface area (Å²) in [7, 11) is 0. The molecular formula is C23H23FN4O2. The van der Waals surface area contributed by atoms with E-state index in [0.29, 0.717) is 22.6 Å². The van der Waals surface area contributed by atoms with E-state index in [9.17, 15) is 19.6 Å². The highest BCUT2D eigenvalue weighted by atomic mass is 19.1. The van der Waals surface area contributed by atoms with Gasteiger partial charge in [-0.1, -0.05) is 12.1 Å². The average Bonchev–Trinajstić information content (AvgIpc) is 3.02. The molecule has 7 heteroatoms. The number of rotatable bonds is 5. The van der Waals surface area contributed by atoms with Crippen molar-refractivity contribution >= 4 is 22.9 Å². The molecule has 2 N–H and O–H groups in total. The molecule has 1 aliphatic carbocycles. The molecule has 1 atom stereocenters.